The van der Waals surface area contributed by atoms with Crippen LogP contribution < -0.4 is 10.1 Å². The Bertz CT molecular complexity index is 426. The molecule has 2 rings (SSSR count). The number of nitrogens with zero attached hydrogens (tertiary/aromatic N) is 1. The third-order valence-electron chi connectivity index (χ3n) is 3.93. The Morgan fingerprint density at radius 2 is 2.15 bits per heavy atom. The minimum Gasteiger partial charge on any atom is -0.489 e. The number of ether oxygens (including phenoxy) is 2. The Kier molecular flexibility index (Phi) is 5.26. The number of anilines is 1. The maximum atomic E-state index is 5.82. The van der Waals surface area contributed by atoms with E-state index >= 15 is 0 Å². The molecule has 4 nitrogen and oxygen atoms in total. The molecule has 2 unspecified atom stereocenters. The largest absolute Gasteiger partial charge is 0.489 e. The predicted octanol–water partition coefficient (Wildman–Crippen LogP) is 2.52. The number of benzene rings is 1. The second kappa shape index (κ2) is 6.95. The Morgan fingerprint density at radius 3 is 2.80 bits per heavy atom. The molecule has 112 valence electrons. The number of hydrogen-bond donors (Lipinski definition) is 1. The molecule has 1 aromatic rings. The van der Waals surface area contributed by atoms with Crippen molar-refractivity contribution in [3.63, 3.8) is 0 Å². The van der Waals surface area contributed by atoms with Crippen LogP contribution in [0.5, 0.6) is 5.75 Å². The van der Waals surface area contributed by atoms with Gasteiger partial charge in [-0.25, -0.2) is 0 Å². The molecule has 1 heterocycles. The van der Waals surface area contributed by atoms with Gasteiger partial charge in [0.2, 0.25) is 0 Å². The summed E-state index contributed by atoms with van der Waals surface area (Å²) in [6.07, 6.45) is 1.17. The Hall–Kier alpha value is -1.26. The summed E-state index contributed by atoms with van der Waals surface area (Å²) >= 11 is 0. The van der Waals surface area contributed by atoms with Crippen LogP contribution in [0, 0.1) is 6.92 Å². The van der Waals surface area contributed by atoms with E-state index < -0.39 is 0 Å². The van der Waals surface area contributed by atoms with E-state index in [1.807, 2.05) is 0 Å². The smallest absolute Gasteiger partial charge is 0.142 e. The van der Waals surface area contributed by atoms with Gasteiger partial charge in [0.25, 0.3) is 0 Å². The van der Waals surface area contributed by atoms with Crippen molar-refractivity contribution in [2.75, 3.05) is 39.2 Å². The summed E-state index contributed by atoms with van der Waals surface area (Å²) in [7, 11) is 3.87. The molecule has 0 saturated carbocycles. The van der Waals surface area contributed by atoms with Crippen LogP contribution in [-0.4, -0.2) is 50.9 Å². The van der Waals surface area contributed by atoms with Gasteiger partial charge in [-0.2, -0.15) is 0 Å². The van der Waals surface area contributed by atoms with Gasteiger partial charge in [0.05, 0.1) is 12.3 Å². The van der Waals surface area contributed by atoms with Gasteiger partial charge < -0.3 is 19.7 Å². The highest BCUT2D eigenvalue weighted by atomic mass is 16.5. The quantitative estimate of drug-likeness (QED) is 0.811. The zero-order valence-electron chi connectivity index (χ0n) is 13.0. The zero-order chi connectivity index (χ0) is 14.5. The summed E-state index contributed by atoms with van der Waals surface area (Å²) in [4.78, 5) is 2.39. The highest BCUT2D eigenvalue weighted by Gasteiger charge is 2.26. The lowest BCUT2D eigenvalue weighted by Crippen LogP contribution is -2.25. The lowest BCUT2D eigenvalue weighted by atomic mass is 10.1. The molecule has 1 fully saturated rings. The maximum absolute atomic E-state index is 5.82. The normalized spacial score (nSPS) is 23.0. The fourth-order valence-corrected chi connectivity index (χ4v) is 2.62. The average Bonchev–Trinajstić information content (AvgIpc) is 2.72. The van der Waals surface area contributed by atoms with Crippen molar-refractivity contribution in [1.82, 2.24) is 4.90 Å². The van der Waals surface area contributed by atoms with Gasteiger partial charge in [0, 0.05) is 25.7 Å². The fourth-order valence-electron chi connectivity index (χ4n) is 2.62. The second-order valence-corrected chi connectivity index (χ2v) is 5.71. The first kappa shape index (κ1) is 15.1. The number of likely N-dealkylation sites (N-methyl/N-ethyl adjacent to an activating group) is 1. The molecule has 0 bridgehead atoms. The molecule has 1 aliphatic rings. The maximum Gasteiger partial charge on any atom is 0.142 e. The summed E-state index contributed by atoms with van der Waals surface area (Å²) < 4.78 is 10.9. The van der Waals surface area contributed by atoms with Gasteiger partial charge in [-0.1, -0.05) is 6.07 Å². The van der Waals surface area contributed by atoms with Crippen LogP contribution in [0.15, 0.2) is 18.2 Å². The number of rotatable bonds is 6. The SMILES string of the molecule is COCCOc1cc(C)ccc1NC1CC(C)N(C)C1. The monoisotopic (exact) mass is 278 g/mol. The first-order valence-corrected chi connectivity index (χ1v) is 7.29. The number of hydrogen-bond acceptors (Lipinski definition) is 4. The van der Waals surface area contributed by atoms with Gasteiger partial charge in [0.1, 0.15) is 12.4 Å². The van der Waals surface area contributed by atoms with E-state index in [1.54, 1.807) is 7.11 Å². The molecule has 1 N–H and O–H groups in total. The van der Waals surface area contributed by atoms with Crippen molar-refractivity contribution in [1.29, 1.82) is 0 Å². The molecule has 1 saturated heterocycles. The van der Waals surface area contributed by atoms with Crippen LogP contribution in [0.25, 0.3) is 0 Å². The van der Waals surface area contributed by atoms with Crippen molar-refractivity contribution in [3.8, 4) is 5.75 Å². The van der Waals surface area contributed by atoms with Crippen molar-refractivity contribution < 1.29 is 9.47 Å². The van der Waals surface area contributed by atoms with Crippen LogP contribution in [0.1, 0.15) is 18.9 Å². The van der Waals surface area contributed by atoms with E-state index in [-0.39, 0.29) is 0 Å². The molecule has 0 amide bonds. The van der Waals surface area contributed by atoms with Crippen LogP contribution in [0.3, 0.4) is 0 Å². The van der Waals surface area contributed by atoms with Gasteiger partial charge >= 0.3 is 0 Å². The predicted molar refractivity (Wildman–Crippen MR) is 82.7 cm³/mol. The fraction of sp³-hybridized carbons (Fsp3) is 0.625. The van der Waals surface area contributed by atoms with Crippen molar-refractivity contribution >= 4 is 5.69 Å². The third-order valence-corrected chi connectivity index (χ3v) is 3.93. The van der Waals surface area contributed by atoms with Crippen LogP contribution in [-0.2, 0) is 4.74 Å². The average molecular weight is 278 g/mol. The number of methoxy groups -OCH3 is 1. The lowest BCUT2D eigenvalue weighted by Gasteiger charge is -2.18. The van der Waals surface area contributed by atoms with E-state index in [0.717, 1.165) is 18.0 Å². The van der Waals surface area contributed by atoms with E-state index in [2.05, 4.69) is 49.3 Å². The van der Waals surface area contributed by atoms with Gasteiger partial charge in [-0.15, -0.1) is 0 Å². The number of nitrogens with one attached hydrogen (secondary N) is 1. The standard InChI is InChI=1S/C16H26N2O2/c1-12-5-6-15(16(9-12)20-8-7-19-4)17-14-10-13(2)18(3)11-14/h5-6,9,13-14,17H,7-8,10-11H2,1-4H3. The highest BCUT2D eigenvalue weighted by molar-refractivity contribution is 5.58. The molecular weight excluding hydrogens is 252 g/mol. The molecule has 20 heavy (non-hydrogen) atoms. The van der Waals surface area contributed by atoms with Crippen molar-refractivity contribution in [3.05, 3.63) is 23.8 Å². The molecule has 0 aliphatic carbocycles. The molecular formula is C16H26N2O2. The van der Waals surface area contributed by atoms with E-state index in [9.17, 15) is 0 Å². The van der Waals surface area contributed by atoms with E-state index in [4.69, 9.17) is 9.47 Å². The summed E-state index contributed by atoms with van der Waals surface area (Å²) in [5, 5.41) is 3.62. The van der Waals surface area contributed by atoms with E-state index in [1.165, 1.54) is 12.0 Å². The minimum absolute atomic E-state index is 0.488. The van der Waals surface area contributed by atoms with E-state index in [0.29, 0.717) is 25.3 Å². The van der Waals surface area contributed by atoms with Gasteiger partial charge in [0.15, 0.2) is 0 Å². The molecule has 0 spiro atoms. The molecule has 2 atom stereocenters. The zero-order valence-corrected chi connectivity index (χ0v) is 13.0. The summed E-state index contributed by atoms with van der Waals surface area (Å²) in [6.45, 7) is 6.62. The summed E-state index contributed by atoms with van der Waals surface area (Å²) in [6, 6.07) is 7.44. The molecule has 1 aromatic carbocycles. The molecule has 4 heteroatoms. The lowest BCUT2D eigenvalue weighted by molar-refractivity contribution is 0.146. The Balaban J connectivity index is 2.02. The second-order valence-electron chi connectivity index (χ2n) is 5.71. The first-order valence-electron chi connectivity index (χ1n) is 7.29. The van der Waals surface area contributed by atoms with Crippen molar-refractivity contribution in [2.24, 2.45) is 0 Å². The topological polar surface area (TPSA) is 33.7 Å². The van der Waals surface area contributed by atoms with Gasteiger partial charge in [-0.05, 0) is 45.0 Å². The molecule has 0 aromatic heterocycles. The Labute approximate surface area is 122 Å². The minimum atomic E-state index is 0.488. The summed E-state index contributed by atoms with van der Waals surface area (Å²) in [5.74, 6) is 0.921. The van der Waals surface area contributed by atoms with Crippen LogP contribution >= 0.6 is 0 Å². The number of likely N-dealkylation sites (tertiary alicyclic amines) is 1. The van der Waals surface area contributed by atoms with Crippen molar-refractivity contribution in [2.45, 2.75) is 32.4 Å². The highest BCUT2D eigenvalue weighted by Crippen LogP contribution is 2.28. The van der Waals surface area contributed by atoms with Crippen LogP contribution in [0.4, 0.5) is 5.69 Å². The van der Waals surface area contributed by atoms with Crippen LogP contribution in [0.2, 0.25) is 0 Å². The Morgan fingerprint density at radius 1 is 1.35 bits per heavy atom. The number of aryl methyl sites for hydroxylation is 1. The van der Waals surface area contributed by atoms with Gasteiger partial charge in [-0.3, -0.25) is 0 Å². The third kappa shape index (κ3) is 3.87. The first-order chi connectivity index (χ1) is 9.60. The molecule has 1 aliphatic heterocycles. The molecule has 0 radical (unpaired) electrons. The summed E-state index contributed by atoms with van der Waals surface area (Å²) in [5.41, 5.74) is 2.29.